The van der Waals surface area contributed by atoms with Crippen molar-refractivity contribution >= 4 is 31.1 Å². The lowest BCUT2D eigenvalue weighted by molar-refractivity contribution is 0.391. The predicted octanol–water partition coefficient (Wildman–Crippen LogP) is 4.19. The Kier molecular flexibility index (Phi) is 5.90. The minimum Gasteiger partial charge on any atom is -0.381 e. The van der Waals surface area contributed by atoms with E-state index in [1.807, 2.05) is 26.2 Å². The van der Waals surface area contributed by atoms with Gasteiger partial charge >= 0.3 is 0 Å². The molecule has 0 amide bonds. The van der Waals surface area contributed by atoms with Gasteiger partial charge in [0.1, 0.15) is 5.82 Å². The third-order valence-electron chi connectivity index (χ3n) is 5.43. The van der Waals surface area contributed by atoms with Crippen molar-refractivity contribution < 1.29 is 0 Å². The highest BCUT2D eigenvalue weighted by Gasteiger charge is 2.13. The molecule has 2 aromatic heterocycles. The van der Waals surface area contributed by atoms with E-state index in [1.165, 1.54) is 10.9 Å². The van der Waals surface area contributed by atoms with Crippen molar-refractivity contribution in [3.05, 3.63) is 78.1 Å². The number of anilines is 1. The van der Waals surface area contributed by atoms with Crippen molar-refractivity contribution in [2.45, 2.75) is 13.1 Å². The van der Waals surface area contributed by atoms with E-state index in [1.54, 1.807) is 0 Å². The molecule has 0 aliphatic heterocycles. The van der Waals surface area contributed by atoms with Crippen LogP contribution in [0.25, 0.3) is 33.5 Å². The average molecular weight is 456 g/mol. The largest absolute Gasteiger partial charge is 0.381 e. The monoisotopic (exact) mass is 455 g/mol. The van der Waals surface area contributed by atoms with Gasteiger partial charge in [0.25, 0.3) is 0 Å². The van der Waals surface area contributed by atoms with Crippen molar-refractivity contribution in [2.75, 3.05) is 19.4 Å². The number of rotatable bonds is 7. The van der Waals surface area contributed by atoms with Crippen LogP contribution in [0.3, 0.4) is 0 Å². The first-order valence-electron chi connectivity index (χ1n) is 10.8. The molecule has 0 saturated heterocycles. The number of hydrogen-bond donors (Lipinski definition) is 3. The molecule has 0 spiro atoms. The number of aromatic nitrogens is 5. The minimum absolute atomic E-state index is 0.690. The number of hydrogen-bond acceptors (Lipinski definition) is 5. The Labute approximate surface area is 194 Å². The lowest BCUT2D eigenvalue weighted by Crippen LogP contribution is -2.11. The van der Waals surface area contributed by atoms with Crippen LogP contribution in [0.1, 0.15) is 11.4 Å². The molecule has 5 aromatic rings. The second kappa shape index (κ2) is 9.14. The van der Waals surface area contributed by atoms with Crippen LogP contribution in [0, 0.1) is 0 Å². The Hall–Kier alpha value is -3.54. The summed E-state index contributed by atoms with van der Waals surface area (Å²) in [6, 6.07) is 23.0. The molecule has 8 heteroatoms. The maximum Gasteiger partial charge on any atom is 0.181 e. The van der Waals surface area contributed by atoms with Gasteiger partial charge in [-0.25, -0.2) is 4.98 Å². The molecule has 2 heterocycles. The Balaban J connectivity index is 1.41. The van der Waals surface area contributed by atoms with Crippen molar-refractivity contribution in [1.29, 1.82) is 0 Å². The van der Waals surface area contributed by atoms with Crippen LogP contribution in [-0.4, -0.2) is 44.4 Å². The van der Waals surface area contributed by atoms with Crippen LogP contribution in [0.4, 0.5) is 5.69 Å². The van der Waals surface area contributed by atoms with Gasteiger partial charge in [-0.3, -0.25) is 10.2 Å². The highest BCUT2D eigenvalue weighted by molar-refractivity contribution is 7.27. The summed E-state index contributed by atoms with van der Waals surface area (Å²) in [7, 11) is 6.73. The van der Waals surface area contributed by atoms with E-state index >= 15 is 0 Å². The number of H-pyrrole nitrogens is 2. The lowest BCUT2D eigenvalue weighted by atomic mass is 10.0. The van der Waals surface area contributed by atoms with Gasteiger partial charge in [0.2, 0.25) is 0 Å². The summed E-state index contributed by atoms with van der Waals surface area (Å²) in [6.07, 6.45) is 0. The third-order valence-corrected chi connectivity index (χ3v) is 5.81. The molecule has 0 fully saturated rings. The molecular formula is C25H26N7P. The summed E-state index contributed by atoms with van der Waals surface area (Å²) in [4.78, 5) is 6.70. The normalized spacial score (nSPS) is 11.4. The molecule has 33 heavy (non-hydrogen) atoms. The summed E-state index contributed by atoms with van der Waals surface area (Å²) in [5, 5.41) is 20.9. The van der Waals surface area contributed by atoms with E-state index in [-0.39, 0.29) is 0 Å². The molecule has 3 aromatic carbocycles. The van der Waals surface area contributed by atoms with Gasteiger partial charge in [0, 0.05) is 28.7 Å². The van der Waals surface area contributed by atoms with Gasteiger partial charge in [-0.2, -0.15) is 10.2 Å². The third kappa shape index (κ3) is 4.80. The maximum atomic E-state index is 4.64. The molecule has 0 radical (unpaired) electrons. The van der Waals surface area contributed by atoms with Crippen LogP contribution < -0.4 is 10.6 Å². The highest BCUT2D eigenvalue weighted by Crippen LogP contribution is 2.30. The highest BCUT2D eigenvalue weighted by atomic mass is 31.0. The van der Waals surface area contributed by atoms with Crippen LogP contribution >= 0.6 is 9.24 Å². The Bertz CT molecular complexity index is 1390. The smallest absolute Gasteiger partial charge is 0.181 e. The van der Waals surface area contributed by atoms with Crippen molar-refractivity contribution in [3.8, 4) is 22.6 Å². The minimum atomic E-state index is 0.690. The molecule has 3 N–H and O–H groups in total. The van der Waals surface area contributed by atoms with Crippen LogP contribution in [-0.2, 0) is 13.1 Å². The first-order valence-corrected chi connectivity index (χ1v) is 11.4. The van der Waals surface area contributed by atoms with E-state index in [9.17, 15) is 0 Å². The zero-order valence-electron chi connectivity index (χ0n) is 18.6. The topological polar surface area (TPSA) is 85.5 Å². The summed E-state index contributed by atoms with van der Waals surface area (Å²) >= 11 is 0. The second-order valence-corrected chi connectivity index (χ2v) is 9.02. The maximum absolute atomic E-state index is 4.64. The summed E-state index contributed by atoms with van der Waals surface area (Å²) in [5.41, 5.74) is 6.23. The van der Waals surface area contributed by atoms with Gasteiger partial charge in [0.05, 0.1) is 17.8 Å². The number of fused-ring (bicyclic) bond motifs is 1. The fourth-order valence-electron chi connectivity index (χ4n) is 3.80. The van der Waals surface area contributed by atoms with Crippen LogP contribution in [0.5, 0.6) is 0 Å². The number of benzene rings is 3. The summed E-state index contributed by atoms with van der Waals surface area (Å²) in [5.74, 6) is 1.53. The Morgan fingerprint density at radius 3 is 2.58 bits per heavy atom. The number of aromatic amines is 2. The SMILES string of the molecule is CN(C)Cc1nc(-c2ccc3[nH]nc(-c4cccc(CNc5ccc(P)cc5)c4)c3c2)n[nH]1. The fourth-order valence-corrected chi connectivity index (χ4v) is 3.99. The summed E-state index contributed by atoms with van der Waals surface area (Å²) < 4.78 is 0. The molecule has 1 unspecified atom stereocenters. The molecule has 0 saturated carbocycles. The zero-order chi connectivity index (χ0) is 22.8. The van der Waals surface area contributed by atoms with E-state index < -0.39 is 0 Å². The Morgan fingerprint density at radius 2 is 1.76 bits per heavy atom. The van der Waals surface area contributed by atoms with E-state index in [2.05, 4.69) is 99.4 Å². The Morgan fingerprint density at radius 1 is 0.909 bits per heavy atom. The second-order valence-electron chi connectivity index (χ2n) is 8.35. The lowest BCUT2D eigenvalue weighted by Gasteiger charge is -2.08. The van der Waals surface area contributed by atoms with Crippen molar-refractivity contribution in [3.63, 3.8) is 0 Å². The van der Waals surface area contributed by atoms with Gasteiger partial charge in [0.15, 0.2) is 5.82 Å². The summed E-state index contributed by atoms with van der Waals surface area (Å²) in [6.45, 7) is 1.46. The molecule has 1 atom stereocenters. The fraction of sp³-hybridized carbons (Fsp3) is 0.160. The molecule has 0 aliphatic carbocycles. The molecule has 7 nitrogen and oxygen atoms in total. The molecule has 5 rings (SSSR count). The van der Waals surface area contributed by atoms with E-state index in [0.29, 0.717) is 12.4 Å². The van der Waals surface area contributed by atoms with Crippen LogP contribution in [0.2, 0.25) is 0 Å². The quantitative estimate of drug-likeness (QED) is 0.321. The average Bonchev–Trinajstić information content (AvgIpc) is 3.45. The van der Waals surface area contributed by atoms with Crippen LogP contribution in [0.15, 0.2) is 66.7 Å². The first-order chi connectivity index (χ1) is 16.0. The number of nitrogens with one attached hydrogen (secondary N) is 3. The van der Waals surface area contributed by atoms with Gasteiger partial charge < -0.3 is 10.2 Å². The zero-order valence-corrected chi connectivity index (χ0v) is 19.8. The van der Waals surface area contributed by atoms with E-state index in [4.69, 9.17) is 0 Å². The molecule has 0 bridgehead atoms. The van der Waals surface area contributed by atoms with Crippen molar-refractivity contribution in [2.24, 2.45) is 0 Å². The van der Waals surface area contributed by atoms with Gasteiger partial charge in [-0.1, -0.05) is 30.3 Å². The standard InChI is InChI=1S/C25H26N7P/c1-32(2)15-23-27-25(31-29-23)18-6-11-22-21(13-18)24(30-28-22)17-5-3-4-16(12-17)14-26-19-7-9-20(33)10-8-19/h3-13,26H,14-15,33H2,1-2H3,(H,28,30)(H,27,29,31). The predicted molar refractivity (Wildman–Crippen MR) is 137 cm³/mol. The number of nitrogens with zero attached hydrogens (tertiary/aromatic N) is 4. The van der Waals surface area contributed by atoms with Gasteiger partial charge in [-0.05, 0) is 61.4 Å². The molecular weight excluding hydrogens is 429 g/mol. The first kappa shape index (κ1) is 21.3. The molecule has 0 aliphatic rings. The molecule has 166 valence electrons. The van der Waals surface area contributed by atoms with Gasteiger partial charge in [-0.15, -0.1) is 9.24 Å². The van der Waals surface area contributed by atoms with Crippen molar-refractivity contribution in [1.82, 2.24) is 30.3 Å². The van der Waals surface area contributed by atoms with E-state index in [0.717, 1.165) is 45.8 Å².